The molecule has 2 rings (SSSR count). The fourth-order valence-electron chi connectivity index (χ4n) is 1.28. The minimum atomic E-state index is 0.649. The first kappa shape index (κ1) is 10.7. The lowest BCUT2D eigenvalue weighted by atomic mass is 10.1. The van der Waals surface area contributed by atoms with Gasteiger partial charge in [-0.25, -0.2) is 0 Å². The van der Waals surface area contributed by atoms with Crippen molar-refractivity contribution in [2.45, 2.75) is 0 Å². The molecule has 0 saturated heterocycles. The molecule has 1 aromatic carbocycles. The van der Waals surface area contributed by atoms with Crippen molar-refractivity contribution in [3.8, 4) is 11.1 Å². The smallest absolute Gasteiger partial charge is 0.150 e. The summed E-state index contributed by atoms with van der Waals surface area (Å²) < 4.78 is 1.33. The standard InChI is InChI=1S/C11H6Cl2OS/c12-10-5-9(11(13)15-10)8-3-1-7(6-14)2-4-8/h1-6H. The van der Waals surface area contributed by atoms with E-state index in [1.165, 1.54) is 11.3 Å². The molecule has 0 aliphatic carbocycles. The van der Waals surface area contributed by atoms with E-state index in [2.05, 4.69) is 0 Å². The quantitative estimate of drug-likeness (QED) is 0.722. The van der Waals surface area contributed by atoms with E-state index in [1.807, 2.05) is 18.2 Å². The van der Waals surface area contributed by atoms with Gasteiger partial charge in [-0.15, -0.1) is 11.3 Å². The van der Waals surface area contributed by atoms with Crippen molar-refractivity contribution < 1.29 is 4.79 Å². The van der Waals surface area contributed by atoms with Gasteiger partial charge in [-0.1, -0.05) is 47.5 Å². The summed E-state index contributed by atoms with van der Waals surface area (Å²) in [5.74, 6) is 0. The van der Waals surface area contributed by atoms with Crippen LogP contribution in [0.25, 0.3) is 11.1 Å². The molecule has 0 bridgehead atoms. The summed E-state index contributed by atoms with van der Waals surface area (Å²) in [5, 5.41) is 0. The molecule has 15 heavy (non-hydrogen) atoms. The molecule has 0 amide bonds. The zero-order valence-electron chi connectivity index (χ0n) is 7.54. The highest BCUT2D eigenvalue weighted by Crippen LogP contribution is 2.37. The first-order valence-electron chi connectivity index (χ1n) is 4.21. The number of aldehydes is 1. The van der Waals surface area contributed by atoms with E-state index in [0.29, 0.717) is 14.2 Å². The maximum absolute atomic E-state index is 10.5. The van der Waals surface area contributed by atoms with Gasteiger partial charge in [-0.2, -0.15) is 0 Å². The molecule has 0 unspecified atom stereocenters. The van der Waals surface area contributed by atoms with Crippen molar-refractivity contribution in [3.05, 3.63) is 44.6 Å². The summed E-state index contributed by atoms with van der Waals surface area (Å²) >= 11 is 13.2. The molecule has 0 spiro atoms. The molecule has 76 valence electrons. The molecule has 0 saturated carbocycles. The molecule has 0 aliphatic rings. The van der Waals surface area contributed by atoms with Crippen molar-refractivity contribution in [2.24, 2.45) is 0 Å². The fourth-order valence-corrected chi connectivity index (χ4v) is 2.79. The Morgan fingerprint density at radius 3 is 2.27 bits per heavy atom. The molecular weight excluding hydrogens is 251 g/mol. The van der Waals surface area contributed by atoms with Gasteiger partial charge in [0.15, 0.2) is 0 Å². The SMILES string of the molecule is O=Cc1ccc(-c2cc(Cl)sc2Cl)cc1. The molecular formula is C11H6Cl2OS. The van der Waals surface area contributed by atoms with Gasteiger partial charge < -0.3 is 0 Å². The van der Waals surface area contributed by atoms with E-state index in [-0.39, 0.29) is 0 Å². The minimum absolute atomic E-state index is 0.649. The third-order valence-corrected chi connectivity index (χ3v) is 3.50. The van der Waals surface area contributed by atoms with Crippen molar-refractivity contribution >= 4 is 40.8 Å². The van der Waals surface area contributed by atoms with Crippen molar-refractivity contribution in [2.75, 3.05) is 0 Å². The van der Waals surface area contributed by atoms with Gasteiger partial charge in [-0.05, 0) is 11.6 Å². The van der Waals surface area contributed by atoms with Gasteiger partial charge in [0.25, 0.3) is 0 Å². The molecule has 4 heteroatoms. The molecule has 0 N–H and O–H groups in total. The monoisotopic (exact) mass is 256 g/mol. The largest absolute Gasteiger partial charge is 0.298 e. The molecule has 1 heterocycles. The molecule has 0 fully saturated rings. The number of hydrogen-bond acceptors (Lipinski definition) is 2. The Morgan fingerprint density at radius 1 is 1.13 bits per heavy atom. The summed E-state index contributed by atoms with van der Waals surface area (Å²) in [4.78, 5) is 10.5. The molecule has 0 aliphatic heterocycles. The topological polar surface area (TPSA) is 17.1 Å². The second-order valence-electron chi connectivity index (χ2n) is 2.98. The van der Waals surface area contributed by atoms with Crippen LogP contribution in [0.1, 0.15) is 10.4 Å². The lowest BCUT2D eigenvalue weighted by Crippen LogP contribution is -1.79. The molecule has 0 atom stereocenters. The van der Waals surface area contributed by atoms with Crippen molar-refractivity contribution in [1.29, 1.82) is 0 Å². The number of rotatable bonds is 2. The Hall–Kier alpha value is -0.830. The number of hydrogen-bond donors (Lipinski definition) is 0. The Morgan fingerprint density at radius 2 is 1.80 bits per heavy atom. The lowest BCUT2D eigenvalue weighted by molar-refractivity contribution is 0.112. The van der Waals surface area contributed by atoms with Crippen molar-refractivity contribution in [1.82, 2.24) is 0 Å². The van der Waals surface area contributed by atoms with Crippen LogP contribution in [0.15, 0.2) is 30.3 Å². The maximum Gasteiger partial charge on any atom is 0.150 e. The average molecular weight is 257 g/mol. The van der Waals surface area contributed by atoms with E-state index < -0.39 is 0 Å². The van der Waals surface area contributed by atoms with Crippen LogP contribution in [0.5, 0.6) is 0 Å². The normalized spacial score (nSPS) is 10.3. The van der Waals surface area contributed by atoms with Gasteiger partial charge in [0.2, 0.25) is 0 Å². The Bertz CT molecular complexity index is 488. The van der Waals surface area contributed by atoms with Crippen LogP contribution in [-0.4, -0.2) is 6.29 Å². The van der Waals surface area contributed by atoms with Gasteiger partial charge in [0.05, 0.1) is 4.34 Å². The Kier molecular flexibility index (Phi) is 3.10. The zero-order chi connectivity index (χ0) is 10.8. The number of carbonyl (C=O) groups is 1. The van der Waals surface area contributed by atoms with E-state index in [4.69, 9.17) is 23.2 Å². The van der Waals surface area contributed by atoms with Crippen LogP contribution in [0, 0.1) is 0 Å². The number of thiophene rings is 1. The predicted octanol–water partition coefficient (Wildman–Crippen LogP) is 4.53. The second-order valence-corrected chi connectivity index (χ2v) is 5.26. The van der Waals surface area contributed by atoms with Gasteiger partial charge in [-0.3, -0.25) is 4.79 Å². The predicted molar refractivity (Wildman–Crippen MR) is 65.2 cm³/mol. The highest BCUT2D eigenvalue weighted by Gasteiger charge is 2.07. The van der Waals surface area contributed by atoms with Crippen LogP contribution in [0.4, 0.5) is 0 Å². The van der Waals surface area contributed by atoms with E-state index in [1.54, 1.807) is 12.1 Å². The summed E-state index contributed by atoms with van der Waals surface area (Å²) in [6.45, 7) is 0. The van der Waals surface area contributed by atoms with Gasteiger partial charge >= 0.3 is 0 Å². The molecule has 1 aromatic heterocycles. The average Bonchev–Trinajstić information content (AvgIpc) is 2.58. The molecule has 0 radical (unpaired) electrons. The van der Waals surface area contributed by atoms with E-state index in [9.17, 15) is 4.79 Å². The Labute approximate surface area is 101 Å². The van der Waals surface area contributed by atoms with E-state index >= 15 is 0 Å². The minimum Gasteiger partial charge on any atom is -0.298 e. The summed E-state index contributed by atoms with van der Waals surface area (Å²) in [6.07, 6.45) is 0.811. The van der Waals surface area contributed by atoms with Gasteiger partial charge in [0.1, 0.15) is 10.6 Å². The highest BCUT2D eigenvalue weighted by molar-refractivity contribution is 7.20. The van der Waals surface area contributed by atoms with Crippen LogP contribution < -0.4 is 0 Å². The third kappa shape index (κ3) is 2.23. The van der Waals surface area contributed by atoms with Crippen LogP contribution in [-0.2, 0) is 0 Å². The van der Waals surface area contributed by atoms with E-state index in [0.717, 1.165) is 17.4 Å². The maximum atomic E-state index is 10.5. The first-order valence-corrected chi connectivity index (χ1v) is 5.78. The number of benzene rings is 1. The third-order valence-electron chi connectivity index (χ3n) is 2.01. The molecule has 1 nitrogen and oxygen atoms in total. The molecule has 2 aromatic rings. The number of carbonyl (C=O) groups excluding carboxylic acids is 1. The Balaban J connectivity index is 2.45. The van der Waals surface area contributed by atoms with Crippen LogP contribution in [0.3, 0.4) is 0 Å². The summed E-state index contributed by atoms with van der Waals surface area (Å²) in [6, 6.07) is 9.04. The summed E-state index contributed by atoms with van der Waals surface area (Å²) in [5.41, 5.74) is 2.52. The fraction of sp³-hybridized carbons (Fsp3) is 0. The van der Waals surface area contributed by atoms with Crippen molar-refractivity contribution in [3.63, 3.8) is 0 Å². The lowest BCUT2D eigenvalue weighted by Gasteiger charge is -1.98. The first-order chi connectivity index (χ1) is 7.20. The summed E-state index contributed by atoms with van der Waals surface area (Å²) in [7, 11) is 0. The van der Waals surface area contributed by atoms with Gasteiger partial charge in [0, 0.05) is 11.1 Å². The zero-order valence-corrected chi connectivity index (χ0v) is 9.86. The van der Waals surface area contributed by atoms with Crippen LogP contribution >= 0.6 is 34.5 Å². The highest BCUT2D eigenvalue weighted by atomic mass is 35.5. The number of halogens is 2. The second kappa shape index (κ2) is 4.35. The van der Waals surface area contributed by atoms with Crippen LogP contribution in [0.2, 0.25) is 8.67 Å².